The van der Waals surface area contributed by atoms with Gasteiger partial charge in [0.25, 0.3) is 0 Å². The molecule has 0 spiro atoms. The van der Waals surface area contributed by atoms with Crippen LogP contribution in [0.4, 0.5) is 0 Å². The number of rotatable bonds is 3. The molecule has 1 amide bonds. The molecule has 0 bridgehead atoms. The van der Waals surface area contributed by atoms with Gasteiger partial charge < -0.3 is 14.8 Å². The lowest BCUT2D eigenvalue weighted by Crippen LogP contribution is -2.50. The van der Waals surface area contributed by atoms with E-state index in [-0.39, 0.29) is 11.9 Å². The zero-order valence-electron chi connectivity index (χ0n) is 13.5. The van der Waals surface area contributed by atoms with E-state index in [2.05, 4.69) is 24.7 Å². The van der Waals surface area contributed by atoms with E-state index in [1.807, 2.05) is 19.4 Å². The lowest BCUT2D eigenvalue weighted by atomic mass is 10.1. The van der Waals surface area contributed by atoms with Gasteiger partial charge in [0, 0.05) is 52.2 Å². The third-order valence-electron chi connectivity index (χ3n) is 4.81. The molecule has 122 valence electrons. The first-order valence-electron chi connectivity index (χ1n) is 8.45. The van der Waals surface area contributed by atoms with E-state index < -0.39 is 0 Å². The minimum absolute atomic E-state index is 0.185. The summed E-state index contributed by atoms with van der Waals surface area (Å²) in [5.41, 5.74) is 0. The second-order valence-corrected chi connectivity index (χ2v) is 6.38. The van der Waals surface area contributed by atoms with Gasteiger partial charge in [0.2, 0.25) is 5.91 Å². The first-order chi connectivity index (χ1) is 10.8. The Balaban J connectivity index is 1.66. The number of likely N-dealkylation sites (tertiary alicyclic amines) is 1. The van der Waals surface area contributed by atoms with Gasteiger partial charge in [-0.3, -0.25) is 9.69 Å². The van der Waals surface area contributed by atoms with Crippen LogP contribution in [0.5, 0.6) is 0 Å². The SMILES string of the molecule is Cn1ccnc1C1CNCCN1CC(=O)N1CCCCCC1. The third-order valence-corrected chi connectivity index (χ3v) is 4.81. The van der Waals surface area contributed by atoms with Gasteiger partial charge in [0.05, 0.1) is 12.6 Å². The molecular weight excluding hydrogens is 278 g/mol. The maximum atomic E-state index is 12.7. The fourth-order valence-electron chi connectivity index (χ4n) is 3.48. The number of nitrogens with zero attached hydrogens (tertiary/aromatic N) is 4. The smallest absolute Gasteiger partial charge is 0.236 e. The largest absolute Gasteiger partial charge is 0.342 e. The average molecular weight is 305 g/mol. The molecule has 2 saturated heterocycles. The molecule has 1 N–H and O–H groups in total. The van der Waals surface area contributed by atoms with Crippen molar-refractivity contribution in [2.24, 2.45) is 7.05 Å². The summed E-state index contributed by atoms with van der Waals surface area (Å²) in [6.45, 7) is 5.07. The van der Waals surface area contributed by atoms with Gasteiger partial charge in [-0.2, -0.15) is 0 Å². The highest BCUT2D eigenvalue weighted by molar-refractivity contribution is 5.78. The first-order valence-corrected chi connectivity index (χ1v) is 8.45. The fraction of sp³-hybridized carbons (Fsp3) is 0.750. The lowest BCUT2D eigenvalue weighted by Gasteiger charge is -2.36. The van der Waals surface area contributed by atoms with Gasteiger partial charge in [-0.05, 0) is 12.8 Å². The number of aromatic nitrogens is 2. The number of carbonyl (C=O) groups is 1. The highest BCUT2D eigenvalue weighted by Crippen LogP contribution is 2.20. The number of piperazine rings is 1. The Kier molecular flexibility index (Phi) is 5.10. The van der Waals surface area contributed by atoms with E-state index in [1.54, 1.807) is 0 Å². The molecule has 6 nitrogen and oxygen atoms in total. The van der Waals surface area contributed by atoms with Crippen LogP contribution in [-0.2, 0) is 11.8 Å². The maximum absolute atomic E-state index is 12.7. The summed E-state index contributed by atoms with van der Waals surface area (Å²) in [5, 5.41) is 3.42. The Morgan fingerprint density at radius 2 is 2.05 bits per heavy atom. The van der Waals surface area contributed by atoms with Crippen molar-refractivity contribution >= 4 is 5.91 Å². The summed E-state index contributed by atoms with van der Waals surface area (Å²) >= 11 is 0. The predicted molar refractivity (Wildman–Crippen MR) is 85.4 cm³/mol. The number of carbonyl (C=O) groups excluding carboxylic acids is 1. The first kappa shape index (κ1) is 15.5. The third kappa shape index (κ3) is 3.50. The van der Waals surface area contributed by atoms with Crippen molar-refractivity contribution in [3.05, 3.63) is 18.2 Å². The molecule has 1 unspecified atom stereocenters. The van der Waals surface area contributed by atoms with Crippen LogP contribution in [-0.4, -0.2) is 64.5 Å². The highest BCUT2D eigenvalue weighted by Gasteiger charge is 2.29. The second kappa shape index (κ2) is 7.24. The fourth-order valence-corrected chi connectivity index (χ4v) is 3.48. The quantitative estimate of drug-likeness (QED) is 0.896. The average Bonchev–Trinajstić information content (AvgIpc) is 2.78. The van der Waals surface area contributed by atoms with E-state index in [1.165, 1.54) is 12.8 Å². The van der Waals surface area contributed by atoms with Gasteiger partial charge in [0.15, 0.2) is 0 Å². The number of aryl methyl sites for hydroxylation is 1. The second-order valence-electron chi connectivity index (χ2n) is 6.38. The van der Waals surface area contributed by atoms with Crippen molar-refractivity contribution in [1.82, 2.24) is 24.7 Å². The number of imidazole rings is 1. The van der Waals surface area contributed by atoms with Gasteiger partial charge in [-0.1, -0.05) is 12.8 Å². The van der Waals surface area contributed by atoms with Crippen molar-refractivity contribution in [3.8, 4) is 0 Å². The van der Waals surface area contributed by atoms with Gasteiger partial charge in [0.1, 0.15) is 5.82 Å². The number of amides is 1. The van der Waals surface area contributed by atoms with Crippen LogP contribution < -0.4 is 5.32 Å². The molecule has 3 heterocycles. The maximum Gasteiger partial charge on any atom is 0.236 e. The molecule has 1 aromatic rings. The molecular formula is C16H27N5O. The zero-order valence-corrected chi connectivity index (χ0v) is 13.5. The number of hydrogen-bond donors (Lipinski definition) is 1. The van der Waals surface area contributed by atoms with E-state index >= 15 is 0 Å². The number of hydrogen-bond acceptors (Lipinski definition) is 4. The monoisotopic (exact) mass is 305 g/mol. The van der Waals surface area contributed by atoms with Gasteiger partial charge in [-0.25, -0.2) is 4.98 Å². The Labute approximate surface area is 132 Å². The van der Waals surface area contributed by atoms with Crippen molar-refractivity contribution < 1.29 is 4.79 Å². The minimum Gasteiger partial charge on any atom is -0.342 e. The lowest BCUT2D eigenvalue weighted by molar-refractivity contribution is -0.133. The summed E-state index contributed by atoms with van der Waals surface area (Å²) in [7, 11) is 2.02. The summed E-state index contributed by atoms with van der Waals surface area (Å²) in [4.78, 5) is 21.5. The van der Waals surface area contributed by atoms with Crippen molar-refractivity contribution in [2.45, 2.75) is 31.7 Å². The Morgan fingerprint density at radius 3 is 2.73 bits per heavy atom. The molecule has 3 rings (SSSR count). The summed E-state index contributed by atoms with van der Waals surface area (Å²) in [5.74, 6) is 1.32. The van der Waals surface area contributed by atoms with Crippen LogP contribution in [0.25, 0.3) is 0 Å². The van der Waals surface area contributed by atoms with Crippen LogP contribution in [0.2, 0.25) is 0 Å². The normalized spacial score (nSPS) is 24.2. The Bertz CT molecular complexity index is 492. The van der Waals surface area contributed by atoms with Crippen LogP contribution in [0.15, 0.2) is 12.4 Å². The molecule has 0 aromatic carbocycles. The van der Waals surface area contributed by atoms with Crippen LogP contribution in [0.3, 0.4) is 0 Å². The van der Waals surface area contributed by atoms with Crippen molar-refractivity contribution in [1.29, 1.82) is 0 Å². The molecule has 0 radical (unpaired) electrons. The van der Waals surface area contributed by atoms with E-state index in [4.69, 9.17) is 0 Å². The molecule has 2 aliphatic rings. The minimum atomic E-state index is 0.185. The van der Waals surface area contributed by atoms with Crippen LogP contribution in [0, 0.1) is 0 Å². The summed E-state index contributed by atoms with van der Waals surface area (Å²) in [6.07, 6.45) is 8.62. The molecule has 22 heavy (non-hydrogen) atoms. The van der Waals surface area contributed by atoms with Crippen molar-refractivity contribution in [2.75, 3.05) is 39.3 Å². The molecule has 1 atom stereocenters. The molecule has 6 heteroatoms. The molecule has 2 aliphatic heterocycles. The van der Waals surface area contributed by atoms with E-state index in [9.17, 15) is 4.79 Å². The van der Waals surface area contributed by atoms with Gasteiger partial charge >= 0.3 is 0 Å². The topological polar surface area (TPSA) is 53.4 Å². The van der Waals surface area contributed by atoms with Crippen molar-refractivity contribution in [3.63, 3.8) is 0 Å². The summed E-state index contributed by atoms with van der Waals surface area (Å²) in [6, 6.07) is 0.185. The highest BCUT2D eigenvalue weighted by atomic mass is 16.2. The standard InChI is InChI=1S/C16H27N5O/c1-19-10-7-18-16(19)14-12-17-6-11-21(14)13-15(22)20-8-4-2-3-5-9-20/h7,10,14,17H,2-6,8-9,11-13H2,1H3. The molecule has 0 aliphatic carbocycles. The van der Waals surface area contributed by atoms with E-state index in [0.29, 0.717) is 6.54 Å². The summed E-state index contributed by atoms with van der Waals surface area (Å²) < 4.78 is 2.06. The van der Waals surface area contributed by atoms with Crippen LogP contribution >= 0.6 is 0 Å². The van der Waals surface area contributed by atoms with Gasteiger partial charge in [-0.15, -0.1) is 0 Å². The zero-order chi connectivity index (χ0) is 15.4. The molecule has 1 aromatic heterocycles. The number of nitrogens with one attached hydrogen (secondary N) is 1. The Hall–Kier alpha value is -1.40. The van der Waals surface area contributed by atoms with Crippen LogP contribution in [0.1, 0.15) is 37.5 Å². The van der Waals surface area contributed by atoms with E-state index in [0.717, 1.165) is 51.4 Å². The predicted octanol–water partition coefficient (Wildman–Crippen LogP) is 0.769. The molecule has 2 fully saturated rings. The Morgan fingerprint density at radius 1 is 1.27 bits per heavy atom. The molecule has 0 saturated carbocycles.